The van der Waals surface area contributed by atoms with Crippen molar-refractivity contribution in [1.82, 2.24) is 4.90 Å². The van der Waals surface area contributed by atoms with E-state index in [4.69, 9.17) is 9.05 Å². The summed E-state index contributed by atoms with van der Waals surface area (Å²) in [6, 6.07) is 0. The molecule has 0 atom stereocenters. The van der Waals surface area contributed by atoms with Crippen molar-refractivity contribution < 1.29 is 18.4 Å². The highest BCUT2D eigenvalue weighted by Crippen LogP contribution is 2.50. The van der Waals surface area contributed by atoms with E-state index in [1.165, 1.54) is 0 Å². The minimum Gasteiger partial charge on any atom is -0.342 e. The highest BCUT2D eigenvalue weighted by molar-refractivity contribution is 7.54. The van der Waals surface area contributed by atoms with Gasteiger partial charge in [0.25, 0.3) is 0 Å². The standard InChI is InChI=1S/C14H30NO4P/c1-7-9-15(10-8-2)14(16)11-20(17,18-12(3)4)19-13(5)6/h12-13H,7-11H2,1-6H3. The van der Waals surface area contributed by atoms with Gasteiger partial charge in [-0.1, -0.05) is 13.8 Å². The average Bonchev–Trinajstić information content (AvgIpc) is 2.25. The SMILES string of the molecule is CCCN(CCC)C(=O)CP(=O)(OC(C)C)OC(C)C. The number of rotatable bonds is 10. The first-order valence-electron chi connectivity index (χ1n) is 7.47. The van der Waals surface area contributed by atoms with Crippen LogP contribution in [0.5, 0.6) is 0 Å². The number of nitrogens with zero attached hydrogens (tertiary/aromatic N) is 1. The zero-order valence-electron chi connectivity index (χ0n) is 13.7. The van der Waals surface area contributed by atoms with E-state index >= 15 is 0 Å². The van der Waals surface area contributed by atoms with E-state index in [9.17, 15) is 9.36 Å². The summed E-state index contributed by atoms with van der Waals surface area (Å²) in [6.45, 7) is 12.5. The van der Waals surface area contributed by atoms with E-state index in [1.807, 2.05) is 13.8 Å². The molecule has 120 valence electrons. The molecule has 20 heavy (non-hydrogen) atoms. The predicted octanol–water partition coefficient (Wildman–Crippen LogP) is 3.68. The lowest BCUT2D eigenvalue weighted by atomic mass is 10.3. The van der Waals surface area contributed by atoms with Crippen LogP contribution in [0.25, 0.3) is 0 Å². The summed E-state index contributed by atoms with van der Waals surface area (Å²) in [7, 11) is -3.38. The zero-order chi connectivity index (χ0) is 15.8. The van der Waals surface area contributed by atoms with E-state index in [-0.39, 0.29) is 24.3 Å². The molecule has 0 fully saturated rings. The van der Waals surface area contributed by atoms with Gasteiger partial charge in [-0.25, -0.2) is 0 Å². The molecule has 0 aromatic rings. The molecule has 6 heteroatoms. The third-order valence-corrected chi connectivity index (χ3v) is 4.56. The molecule has 0 unspecified atom stereocenters. The second kappa shape index (κ2) is 9.54. The van der Waals surface area contributed by atoms with Crippen LogP contribution in [-0.2, 0) is 18.4 Å². The van der Waals surface area contributed by atoms with Crippen LogP contribution in [0.1, 0.15) is 54.4 Å². The van der Waals surface area contributed by atoms with Crippen LogP contribution in [0.2, 0.25) is 0 Å². The predicted molar refractivity (Wildman–Crippen MR) is 82.1 cm³/mol. The minimum absolute atomic E-state index is 0.154. The molecule has 0 aromatic heterocycles. The Morgan fingerprint density at radius 2 is 1.40 bits per heavy atom. The maximum Gasteiger partial charge on any atom is 0.340 e. The molecule has 0 saturated carbocycles. The first kappa shape index (κ1) is 19.6. The molecule has 0 rings (SSSR count). The lowest BCUT2D eigenvalue weighted by molar-refractivity contribution is -0.128. The lowest BCUT2D eigenvalue weighted by Crippen LogP contribution is -2.35. The van der Waals surface area contributed by atoms with Crippen molar-refractivity contribution >= 4 is 13.5 Å². The average molecular weight is 307 g/mol. The lowest BCUT2D eigenvalue weighted by Gasteiger charge is -2.26. The highest BCUT2D eigenvalue weighted by atomic mass is 31.2. The van der Waals surface area contributed by atoms with Gasteiger partial charge >= 0.3 is 7.60 Å². The molecule has 0 aliphatic heterocycles. The third-order valence-electron chi connectivity index (χ3n) is 2.41. The van der Waals surface area contributed by atoms with Crippen LogP contribution in [0.15, 0.2) is 0 Å². The van der Waals surface area contributed by atoms with Crippen molar-refractivity contribution in [3.05, 3.63) is 0 Å². The summed E-state index contributed by atoms with van der Waals surface area (Å²) >= 11 is 0. The van der Waals surface area contributed by atoms with Gasteiger partial charge in [0.2, 0.25) is 5.91 Å². The zero-order valence-corrected chi connectivity index (χ0v) is 14.6. The van der Waals surface area contributed by atoms with Gasteiger partial charge < -0.3 is 13.9 Å². The molecular weight excluding hydrogens is 277 g/mol. The number of hydrogen-bond donors (Lipinski definition) is 0. The molecule has 0 spiro atoms. The van der Waals surface area contributed by atoms with Crippen LogP contribution in [0.4, 0.5) is 0 Å². The minimum atomic E-state index is -3.38. The van der Waals surface area contributed by atoms with Gasteiger partial charge in [-0.2, -0.15) is 0 Å². The summed E-state index contributed by atoms with van der Waals surface area (Å²) in [5, 5.41) is 0. The maximum atomic E-state index is 12.7. The fraction of sp³-hybridized carbons (Fsp3) is 0.929. The summed E-state index contributed by atoms with van der Waals surface area (Å²) in [4.78, 5) is 14.0. The molecule has 0 bridgehead atoms. The van der Waals surface area contributed by atoms with Gasteiger partial charge in [-0.05, 0) is 40.5 Å². The van der Waals surface area contributed by atoms with Gasteiger partial charge in [0.1, 0.15) is 6.16 Å². The van der Waals surface area contributed by atoms with Gasteiger partial charge in [-0.15, -0.1) is 0 Å². The Kier molecular flexibility index (Phi) is 9.36. The number of hydrogen-bond acceptors (Lipinski definition) is 4. The van der Waals surface area contributed by atoms with E-state index in [2.05, 4.69) is 0 Å². The Morgan fingerprint density at radius 1 is 1.00 bits per heavy atom. The fourth-order valence-electron chi connectivity index (χ4n) is 1.91. The topological polar surface area (TPSA) is 55.8 Å². The Labute approximate surface area is 123 Å². The highest BCUT2D eigenvalue weighted by Gasteiger charge is 2.32. The molecule has 0 aliphatic carbocycles. The van der Waals surface area contributed by atoms with Crippen LogP contribution >= 0.6 is 7.60 Å². The summed E-state index contributed by atoms with van der Waals surface area (Å²) < 4.78 is 23.5. The molecule has 5 nitrogen and oxygen atoms in total. The smallest absolute Gasteiger partial charge is 0.340 e. The Balaban J connectivity index is 4.85. The molecule has 0 aliphatic rings. The quantitative estimate of drug-likeness (QED) is 0.578. The molecule has 0 radical (unpaired) electrons. The molecule has 0 N–H and O–H groups in total. The number of amides is 1. The van der Waals surface area contributed by atoms with Crippen molar-refractivity contribution in [3.63, 3.8) is 0 Å². The normalized spacial score (nSPS) is 12.2. The molecule has 0 saturated heterocycles. The van der Waals surface area contributed by atoms with Crippen molar-refractivity contribution in [2.45, 2.75) is 66.6 Å². The summed E-state index contributed by atoms with van der Waals surface area (Å²) in [6.07, 6.45) is 1.11. The van der Waals surface area contributed by atoms with Gasteiger partial charge in [0.05, 0.1) is 12.2 Å². The molecule has 0 aromatic carbocycles. The van der Waals surface area contributed by atoms with Gasteiger partial charge in [0.15, 0.2) is 0 Å². The monoisotopic (exact) mass is 307 g/mol. The van der Waals surface area contributed by atoms with Gasteiger partial charge in [0, 0.05) is 13.1 Å². The van der Waals surface area contributed by atoms with Crippen molar-refractivity contribution in [2.24, 2.45) is 0 Å². The van der Waals surface area contributed by atoms with Crippen LogP contribution in [0, 0.1) is 0 Å². The van der Waals surface area contributed by atoms with Crippen LogP contribution < -0.4 is 0 Å². The van der Waals surface area contributed by atoms with E-state index in [1.54, 1.807) is 32.6 Å². The van der Waals surface area contributed by atoms with Crippen molar-refractivity contribution in [3.8, 4) is 0 Å². The Morgan fingerprint density at radius 3 is 1.70 bits per heavy atom. The fourth-order valence-corrected chi connectivity index (χ4v) is 3.92. The number of carbonyl (C=O) groups excluding carboxylic acids is 1. The van der Waals surface area contributed by atoms with Crippen molar-refractivity contribution in [2.75, 3.05) is 19.3 Å². The second-order valence-corrected chi connectivity index (χ2v) is 7.42. The van der Waals surface area contributed by atoms with E-state index in [0.717, 1.165) is 12.8 Å². The van der Waals surface area contributed by atoms with Crippen LogP contribution in [0.3, 0.4) is 0 Å². The molecule has 1 amide bonds. The largest absolute Gasteiger partial charge is 0.342 e. The number of carbonyl (C=O) groups is 1. The Bertz CT molecular complexity index is 311. The first-order chi connectivity index (χ1) is 9.24. The van der Waals surface area contributed by atoms with Crippen LogP contribution in [-0.4, -0.2) is 42.3 Å². The molecular formula is C14H30NO4P. The Hall–Kier alpha value is -0.380. The first-order valence-corrected chi connectivity index (χ1v) is 9.20. The summed E-state index contributed by atoms with van der Waals surface area (Å²) in [5.41, 5.74) is 0. The molecule has 0 heterocycles. The van der Waals surface area contributed by atoms with E-state index < -0.39 is 7.60 Å². The second-order valence-electron chi connectivity index (χ2n) is 5.46. The third kappa shape index (κ3) is 8.03. The van der Waals surface area contributed by atoms with Gasteiger partial charge in [-0.3, -0.25) is 9.36 Å². The van der Waals surface area contributed by atoms with Crippen molar-refractivity contribution in [1.29, 1.82) is 0 Å². The maximum absolute atomic E-state index is 12.7. The van der Waals surface area contributed by atoms with E-state index in [0.29, 0.717) is 13.1 Å². The summed E-state index contributed by atoms with van der Waals surface area (Å²) in [5.74, 6) is -0.154.